The van der Waals surface area contributed by atoms with Crippen LogP contribution in [0.4, 0.5) is 0 Å². The quantitative estimate of drug-likeness (QED) is 0.730. The number of hydrogen-bond donors (Lipinski definition) is 1. The zero-order valence-corrected chi connectivity index (χ0v) is 9.66. The van der Waals surface area contributed by atoms with Crippen LogP contribution in [0.5, 0.6) is 5.75 Å². The summed E-state index contributed by atoms with van der Waals surface area (Å²) in [5.74, 6) is 3.10. The Morgan fingerprint density at radius 3 is 2.94 bits per heavy atom. The van der Waals surface area contributed by atoms with Gasteiger partial charge in [-0.15, -0.1) is 6.42 Å². The molecule has 1 N–H and O–H groups in total. The number of terminal acetylenes is 1. The van der Waals surface area contributed by atoms with Crippen LogP contribution in [-0.4, -0.2) is 11.7 Å². The van der Waals surface area contributed by atoms with Gasteiger partial charge in [-0.3, -0.25) is 0 Å². The molecule has 1 aromatic carbocycles. The van der Waals surface area contributed by atoms with E-state index in [2.05, 4.69) is 19.8 Å². The Balaban J connectivity index is 2.57. The van der Waals surface area contributed by atoms with E-state index in [9.17, 15) is 5.11 Å². The molecule has 16 heavy (non-hydrogen) atoms. The molecule has 1 unspecified atom stereocenters. The molecule has 1 aromatic rings. The van der Waals surface area contributed by atoms with Crippen molar-refractivity contribution in [1.82, 2.24) is 0 Å². The van der Waals surface area contributed by atoms with Crippen LogP contribution in [-0.2, 0) is 5.41 Å². The fraction of sp³-hybridized carbons (Fsp3) is 0.429. The van der Waals surface area contributed by atoms with Crippen molar-refractivity contribution in [3.05, 3.63) is 29.3 Å². The molecule has 0 saturated heterocycles. The number of aliphatic hydroxyl groups excluding tert-OH is 1. The predicted octanol–water partition coefficient (Wildman–Crippen LogP) is 2.41. The van der Waals surface area contributed by atoms with Crippen LogP contribution in [0, 0.1) is 12.3 Å². The Morgan fingerprint density at radius 1 is 1.50 bits per heavy atom. The molecule has 0 saturated carbocycles. The third-order valence-corrected chi connectivity index (χ3v) is 3.20. The first kappa shape index (κ1) is 11.0. The zero-order valence-electron chi connectivity index (χ0n) is 9.66. The molecule has 2 heteroatoms. The highest BCUT2D eigenvalue weighted by Gasteiger charge is 2.30. The maximum Gasteiger partial charge on any atom is 0.143 e. The zero-order chi connectivity index (χ0) is 11.8. The van der Waals surface area contributed by atoms with Crippen LogP contribution in [0.1, 0.15) is 37.5 Å². The largest absolute Gasteiger partial charge is 0.493 e. The molecule has 0 aliphatic carbocycles. The minimum Gasteiger partial charge on any atom is -0.493 e. The predicted molar refractivity (Wildman–Crippen MR) is 63.4 cm³/mol. The topological polar surface area (TPSA) is 29.5 Å². The lowest BCUT2D eigenvalue weighted by Crippen LogP contribution is -2.27. The average Bonchev–Trinajstić information content (AvgIpc) is 2.27. The van der Waals surface area contributed by atoms with E-state index in [4.69, 9.17) is 11.2 Å². The summed E-state index contributed by atoms with van der Waals surface area (Å²) in [5, 5.41) is 9.74. The van der Waals surface area contributed by atoms with Gasteiger partial charge in [0, 0.05) is 11.1 Å². The number of fused-ring (bicyclic) bond motifs is 1. The Hall–Kier alpha value is -1.46. The lowest BCUT2D eigenvalue weighted by molar-refractivity contribution is 0.205. The van der Waals surface area contributed by atoms with Gasteiger partial charge in [0.15, 0.2) is 0 Å². The molecule has 0 radical (unpaired) electrons. The highest BCUT2D eigenvalue weighted by molar-refractivity contribution is 5.49. The van der Waals surface area contributed by atoms with E-state index in [1.165, 1.54) is 0 Å². The minimum absolute atomic E-state index is 0.0813. The number of hydrogen-bond acceptors (Lipinski definition) is 2. The maximum atomic E-state index is 9.74. The minimum atomic E-state index is -0.885. The molecule has 2 nitrogen and oxygen atoms in total. The normalized spacial score (nSPS) is 19.1. The van der Waals surface area contributed by atoms with Crippen molar-refractivity contribution in [1.29, 1.82) is 0 Å². The Kier molecular flexibility index (Phi) is 2.65. The van der Waals surface area contributed by atoms with Crippen molar-refractivity contribution >= 4 is 0 Å². The number of rotatable bonds is 1. The van der Waals surface area contributed by atoms with E-state index in [0.29, 0.717) is 12.2 Å². The molecule has 84 valence electrons. The highest BCUT2D eigenvalue weighted by atomic mass is 16.5. The third-order valence-electron chi connectivity index (χ3n) is 3.20. The van der Waals surface area contributed by atoms with Gasteiger partial charge in [0.05, 0.1) is 6.61 Å². The standard InChI is InChI=1S/C14H16O2/c1-4-12(15)10-6-5-7-11-13(10)16-9-8-14(11,2)3/h1,5-7,12,15H,8-9H2,2-3H3. The van der Waals surface area contributed by atoms with Gasteiger partial charge in [-0.05, 0) is 11.8 Å². The van der Waals surface area contributed by atoms with Crippen molar-refractivity contribution in [3.63, 3.8) is 0 Å². The molecule has 1 aliphatic rings. The molecular formula is C14H16O2. The van der Waals surface area contributed by atoms with Crippen LogP contribution >= 0.6 is 0 Å². The van der Waals surface area contributed by atoms with Crippen molar-refractivity contribution < 1.29 is 9.84 Å². The third kappa shape index (κ3) is 1.68. The first-order valence-electron chi connectivity index (χ1n) is 5.46. The van der Waals surface area contributed by atoms with Gasteiger partial charge in [-0.2, -0.15) is 0 Å². The van der Waals surface area contributed by atoms with Crippen molar-refractivity contribution in [2.45, 2.75) is 31.8 Å². The van der Waals surface area contributed by atoms with Gasteiger partial charge in [0.25, 0.3) is 0 Å². The molecule has 1 atom stereocenters. The van der Waals surface area contributed by atoms with E-state index in [1.807, 2.05) is 18.2 Å². The van der Waals surface area contributed by atoms with Gasteiger partial charge in [0.1, 0.15) is 11.9 Å². The second-order valence-electron chi connectivity index (χ2n) is 4.78. The van der Waals surface area contributed by atoms with Crippen molar-refractivity contribution in [3.8, 4) is 18.1 Å². The van der Waals surface area contributed by atoms with Gasteiger partial charge in [0.2, 0.25) is 0 Å². The number of ether oxygens (including phenoxy) is 1. The van der Waals surface area contributed by atoms with Crippen LogP contribution in [0.3, 0.4) is 0 Å². The van der Waals surface area contributed by atoms with E-state index in [-0.39, 0.29) is 5.41 Å². The Morgan fingerprint density at radius 2 is 2.25 bits per heavy atom. The lowest BCUT2D eigenvalue weighted by atomic mass is 9.78. The molecule has 0 spiro atoms. The van der Waals surface area contributed by atoms with Crippen LogP contribution < -0.4 is 4.74 Å². The molecule has 1 heterocycles. The van der Waals surface area contributed by atoms with Crippen LogP contribution in [0.2, 0.25) is 0 Å². The smallest absolute Gasteiger partial charge is 0.143 e. The van der Waals surface area contributed by atoms with E-state index in [1.54, 1.807) is 0 Å². The Labute approximate surface area is 96.3 Å². The second-order valence-corrected chi connectivity index (χ2v) is 4.78. The average molecular weight is 216 g/mol. The summed E-state index contributed by atoms with van der Waals surface area (Å²) in [7, 11) is 0. The van der Waals surface area contributed by atoms with Gasteiger partial charge >= 0.3 is 0 Å². The van der Waals surface area contributed by atoms with Gasteiger partial charge in [-0.1, -0.05) is 38.0 Å². The second kappa shape index (κ2) is 3.84. The van der Waals surface area contributed by atoms with Gasteiger partial charge in [-0.25, -0.2) is 0 Å². The maximum absolute atomic E-state index is 9.74. The fourth-order valence-corrected chi connectivity index (χ4v) is 2.10. The highest BCUT2D eigenvalue weighted by Crippen LogP contribution is 2.41. The van der Waals surface area contributed by atoms with E-state index < -0.39 is 6.10 Å². The van der Waals surface area contributed by atoms with Crippen molar-refractivity contribution in [2.24, 2.45) is 0 Å². The number of benzene rings is 1. The Bertz CT molecular complexity index is 441. The molecular weight excluding hydrogens is 200 g/mol. The summed E-state index contributed by atoms with van der Waals surface area (Å²) in [4.78, 5) is 0. The molecule has 0 fully saturated rings. The summed E-state index contributed by atoms with van der Waals surface area (Å²) in [6, 6.07) is 5.79. The summed E-state index contributed by atoms with van der Waals surface area (Å²) in [6.45, 7) is 5.04. The molecule has 2 rings (SSSR count). The SMILES string of the molecule is C#CC(O)c1cccc2c1OCCC2(C)C. The molecule has 0 aromatic heterocycles. The van der Waals surface area contributed by atoms with E-state index in [0.717, 1.165) is 17.7 Å². The van der Waals surface area contributed by atoms with Crippen LogP contribution in [0.15, 0.2) is 18.2 Å². The summed E-state index contributed by atoms with van der Waals surface area (Å²) in [5.41, 5.74) is 1.91. The molecule has 0 amide bonds. The number of para-hydroxylation sites is 1. The lowest BCUT2D eigenvalue weighted by Gasteiger charge is -2.33. The first-order chi connectivity index (χ1) is 7.56. The summed E-state index contributed by atoms with van der Waals surface area (Å²) < 4.78 is 5.66. The molecule has 0 bridgehead atoms. The summed E-state index contributed by atoms with van der Waals surface area (Å²) >= 11 is 0. The summed E-state index contributed by atoms with van der Waals surface area (Å²) in [6.07, 6.45) is 5.35. The van der Waals surface area contributed by atoms with E-state index >= 15 is 0 Å². The first-order valence-corrected chi connectivity index (χ1v) is 5.46. The monoisotopic (exact) mass is 216 g/mol. The fourth-order valence-electron chi connectivity index (χ4n) is 2.10. The van der Waals surface area contributed by atoms with Crippen LogP contribution in [0.25, 0.3) is 0 Å². The molecule has 1 aliphatic heterocycles. The van der Waals surface area contributed by atoms with Crippen molar-refractivity contribution in [2.75, 3.05) is 6.61 Å². The van der Waals surface area contributed by atoms with Gasteiger partial charge < -0.3 is 9.84 Å². The number of aliphatic hydroxyl groups is 1.